The lowest BCUT2D eigenvalue weighted by atomic mass is 10.2. The Labute approximate surface area is 110 Å². The summed E-state index contributed by atoms with van der Waals surface area (Å²) in [5, 5.41) is 22.0. The number of nitrogens with one attached hydrogen (secondary N) is 1. The molecule has 1 atom stereocenters. The topological polar surface area (TPSA) is 92.5 Å². The van der Waals surface area contributed by atoms with Gasteiger partial charge in [0.15, 0.2) is 0 Å². The number of nitro benzene ring substituents is 1. The van der Waals surface area contributed by atoms with Crippen LogP contribution in [0.4, 0.5) is 15.8 Å². The fraction of sp³-hybridized carbons (Fsp3) is 0.300. The molecule has 6 nitrogen and oxygen atoms in total. The highest BCUT2D eigenvalue weighted by Gasteiger charge is 2.22. The van der Waals surface area contributed by atoms with Crippen LogP contribution >= 0.6 is 15.9 Å². The molecule has 1 aromatic carbocycles. The number of nitro groups is 1. The van der Waals surface area contributed by atoms with Crippen molar-refractivity contribution in [1.82, 2.24) is 0 Å². The highest BCUT2D eigenvalue weighted by atomic mass is 79.9. The first-order valence-electron chi connectivity index (χ1n) is 4.93. The van der Waals surface area contributed by atoms with Crippen LogP contribution in [0.25, 0.3) is 0 Å². The van der Waals surface area contributed by atoms with E-state index in [1.54, 1.807) is 0 Å². The molecule has 0 aliphatic rings. The summed E-state index contributed by atoms with van der Waals surface area (Å²) in [6.07, 6.45) is -0.231. The van der Waals surface area contributed by atoms with E-state index < -0.39 is 28.4 Å². The molecule has 0 amide bonds. The summed E-state index contributed by atoms with van der Waals surface area (Å²) < 4.78 is 13.8. The van der Waals surface area contributed by atoms with Crippen LogP contribution in [0, 0.1) is 15.9 Å². The summed E-state index contributed by atoms with van der Waals surface area (Å²) in [6, 6.07) is 1.75. The predicted molar refractivity (Wildman–Crippen MR) is 66.1 cm³/mol. The van der Waals surface area contributed by atoms with Gasteiger partial charge in [0.1, 0.15) is 5.69 Å². The average Bonchev–Trinajstić information content (AvgIpc) is 2.12. The zero-order chi connectivity index (χ0) is 13.9. The number of hydrogen-bond acceptors (Lipinski definition) is 4. The fourth-order valence-electron chi connectivity index (χ4n) is 1.44. The molecule has 1 aromatic rings. The van der Waals surface area contributed by atoms with E-state index in [1.807, 2.05) is 0 Å². The van der Waals surface area contributed by atoms with E-state index in [2.05, 4.69) is 21.2 Å². The Hall–Kier alpha value is -1.70. The zero-order valence-electron chi connectivity index (χ0n) is 9.31. The third-order valence-electron chi connectivity index (χ3n) is 2.09. The molecule has 8 heteroatoms. The number of carboxylic acids is 1. The standard InChI is InChI=1S/C10H10BrFN2O4/c1-5(2-9(15)16)13-8-4-6(11)3-7(12)10(8)14(17)18/h3-5,13H,2H2,1H3,(H,15,16)/t5-/m0/s1. The second kappa shape index (κ2) is 5.76. The first kappa shape index (κ1) is 14.4. The number of nitrogens with zero attached hydrogens (tertiary/aromatic N) is 1. The van der Waals surface area contributed by atoms with Gasteiger partial charge in [0, 0.05) is 10.5 Å². The van der Waals surface area contributed by atoms with Crippen molar-refractivity contribution in [3.63, 3.8) is 0 Å². The van der Waals surface area contributed by atoms with E-state index >= 15 is 0 Å². The maximum Gasteiger partial charge on any atom is 0.327 e. The Bertz CT molecular complexity index is 495. The Morgan fingerprint density at radius 1 is 1.67 bits per heavy atom. The molecule has 1 rings (SSSR count). The van der Waals surface area contributed by atoms with Crippen molar-refractivity contribution < 1.29 is 19.2 Å². The normalized spacial score (nSPS) is 11.9. The highest BCUT2D eigenvalue weighted by Crippen LogP contribution is 2.32. The Balaban J connectivity index is 3.07. The lowest BCUT2D eigenvalue weighted by Crippen LogP contribution is -2.20. The van der Waals surface area contributed by atoms with Crippen molar-refractivity contribution in [2.75, 3.05) is 5.32 Å². The molecular formula is C10H10BrFN2O4. The number of carboxylic acid groups (broad SMARTS) is 1. The molecule has 2 N–H and O–H groups in total. The van der Waals surface area contributed by atoms with Crippen LogP contribution in [0.1, 0.15) is 13.3 Å². The van der Waals surface area contributed by atoms with E-state index in [-0.39, 0.29) is 12.1 Å². The van der Waals surface area contributed by atoms with Crippen molar-refractivity contribution in [2.45, 2.75) is 19.4 Å². The summed E-state index contributed by atoms with van der Waals surface area (Å²) in [6.45, 7) is 1.54. The first-order chi connectivity index (χ1) is 8.31. The molecule has 0 spiro atoms. The van der Waals surface area contributed by atoms with Gasteiger partial charge in [-0.2, -0.15) is 4.39 Å². The summed E-state index contributed by atoms with van der Waals surface area (Å²) >= 11 is 3.02. The van der Waals surface area contributed by atoms with Crippen molar-refractivity contribution in [3.8, 4) is 0 Å². The summed E-state index contributed by atoms with van der Waals surface area (Å²) in [5.41, 5.74) is -0.754. The number of anilines is 1. The van der Waals surface area contributed by atoms with Crippen LogP contribution in [0.5, 0.6) is 0 Å². The lowest BCUT2D eigenvalue weighted by Gasteiger charge is -2.13. The maximum absolute atomic E-state index is 13.4. The monoisotopic (exact) mass is 320 g/mol. The third-order valence-corrected chi connectivity index (χ3v) is 2.55. The van der Waals surface area contributed by atoms with Crippen LogP contribution in [0.3, 0.4) is 0 Å². The SMILES string of the molecule is C[C@@H](CC(=O)O)Nc1cc(Br)cc(F)c1[N+](=O)[O-]. The van der Waals surface area contributed by atoms with E-state index in [9.17, 15) is 19.3 Å². The highest BCUT2D eigenvalue weighted by molar-refractivity contribution is 9.10. The Kier molecular flexibility index (Phi) is 4.60. The molecule has 0 aromatic heterocycles. The van der Waals surface area contributed by atoms with Crippen molar-refractivity contribution in [1.29, 1.82) is 0 Å². The average molecular weight is 321 g/mol. The lowest BCUT2D eigenvalue weighted by molar-refractivity contribution is -0.386. The van der Waals surface area contributed by atoms with Crippen LogP contribution in [-0.4, -0.2) is 22.0 Å². The van der Waals surface area contributed by atoms with Crippen molar-refractivity contribution in [2.24, 2.45) is 0 Å². The number of carbonyl (C=O) groups is 1. The molecule has 0 bridgehead atoms. The quantitative estimate of drug-likeness (QED) is 0.642. The minimum Gasteiger partial charge on any atom is -0.481 e. The van der Waals surface area contributed by atoms with Gasteiger partial charge in [-0.05, 0) is 19.1 Å². The van der Waals surface area contributed by atoms with Gasteiger partial charge in [-0.25, -0.2) is 0 Å². The second-order valence-electron chi connectivity index (χ2n) is 3.68. The summed E-state index contributed by atoms with van der Waals surface area (Å²) in [5.74, 6) is -2.03. The van der Waals surface area contributed by atoms with Crippen LogP contribution < -0.4 is 5.32 Å². The molecular weight excluding hydrogens is 311 g/mol. The van der Waals surface area contributed by atoms with Crippen LogP contribution in [0.2, 0.25) is 0 Å². The largest absolute Gasteiger partial charge is 0.481 e. The molecule has 0 aliphatic carbocycles. The first-order valence-corrected chi connectivity index (χ1v) is 5.72. The van der Waals surface area contributed by atoms with Gasteiger partial charge in [-0.15, -0.1) is 0 Å². The molecule has 0 fully saturated rings. The minimum atomic E-state index is -1.05. The van der Waals surface area contributed by atoms with Gasteiger partial charge in [0.05, 0.1) is 11.3 Å². The fourth-order valence-corrected chi connectivity index (χ4v) is 1.87. The van der Waals surface area contributed by atoms with Crippen molar-refractivity contribution in [3.05, 3.63) is 32.5 Å². The van der Waals surface area contributed by atoms with E-state index in [0.29, 0.717) is 4.47 Å². The number of rotatable bonds is 5. The minimum absolute atomic E-state index is 0.0550. The van der Waals surface area contributed by atoms with Gasteiger partial charge < -0.3 is 10.4 Å². The number of benzene rings is 1. The molecule has 0 aliphatic heterocycles. The van der Waals surface area contributed by atoms with E-state index in [0.717, 1.165) is 6.07 Å². The van der Waals surface area contributed by atoms with E-state index in [1.165, 1.54) is 13.0 Å². The second-order valence-corrected chi connectivity index (χ2v) is 4.60. The van der Waals surface area contributed by atoms with Gasteiger partial charge in [-0.1, -0.05) is 15.9 Å². The smallest absolute Gasteiger partial charge is 0.327 e. The number of hydrogen-bond donors (Lipinski definition) is 2. The molecule has 0 unspecified atom stereocenters. The molecule has 0 saturated carbocycles. The van der Waals surface area contributed by atoms with Crippen LogP contribution in [0.15, 0.2) is 16.6 Å². The molecule has 0 radical (unpaired) electrons. The molecule has 98 valence electrons. The van der Waals surface area contributed by atoms with E-state index in [4.69, 9.17) is 5.11 Å². The predicted octanol–water partition coefficient (Wildman–Crippen LogP) is 2.77. The molecule has 0 heterocycles. The Morgan fingerprint density at radius 2 is 2.28 bits per heavy atom. The van der Waals surface area contributed by atoms with Crippen molar-refractivity contribution >= 4 is 33.3 Å². The number of halogens is 2. The number of aliphatic carboxylic acids is 1. The van der Waals surface area contributed by atoms with Gasteiger partial charge in [0.2, 0.25) is 5.82 Å². The zero-order valence-corrected chi connectivity index (χ0v) is 10.9. The van der Waals surface area contributed by atoms with Crippen LogP contribution in [-0.2, 0) is 4.79 Å². The van der Waals surface area contributed by atoms with Gasteiger partial charge in [0.25, 0.3) is 0 Å². The summed E-state index contributed by atoms with van der Waals surface area (Å²) in [4.78, 5) is 20.4. The summed E-state index contributed by atoms with van der Waals surface area (Å²) in [7, 11) is 0. The molecule has 0 saturated heterocycles. The van der Waals surface area contributed by atoms with Gasteiger partial charge in [-0.3, -0.25) is 14.9 Å². The third kappa shape index (κ3) is 3.66. The molecule has 18 heavy (non-hydrogen) atoms. The van der Waals surface area contributed by atoms with Gasteiger partial charge >= 0.3 is 11.7 Å². The Morgan fingerprint density at radius 3 is 2.78 bits per heavy atom. The maximum atomic E-state index is 13.4.